The summed E-state index contributed by atoms with van der Waals surface area (Å²) in [6.07, 6.45) is 1.78. The number of nitrogens with one attached hydrogen (secondary N) is 1. The molecule has 5 rings (SSSR count). The topological polar surface area (TPSA) is 77.0 Å². The summed E-state index contributed by atoms with van der Waals surface area (Å²) in [7, 11) is 1.34. The van der Waals surface area contributed by atoms with Gasteiger partial charge in [-0.05, 0) is 18.2 Å². The van der Waals surface area contributed by atoms with Crippen molar-refractivity contribution in [1.82, 2.24) is 14.5 Å². The van der Waals surface area contributed by atoms with Gasteiger partial charge in [-0.25, -0.2) is 9.78 Å². The van der Waals surface area contributed by atoms with Crippen molar-refractivity contribution in [3.63, 3.8) is 0 Å². The van der Waals surface area contributed by atoms with Crippen molar-refractivity contribution in [2.45, 2.75) is 6.92 Å². The number of para-hydroxylation sites is 2. The van der Waals surface area contributed by atoms with Crippen molar-refractivity contribution in [2.75, 3.05) is 7.11 Å². The molecule has 0 fully saturated rings. The van der Waals surface area contributed by atoms with Crippen molar-refractivity contribution < 1.29 is 14.3 Å². The Labute approximate surface area is 165 Å². The second-order valence-corrected chi connectivity index (χ2v) is 6.89. The molecule has 0 radical (unpaired) electrons. The van der Waals surface area contributed by atoms with E-state index < -0.39 is 5.97 Å². The van der Waals surface area contributed by atoms with Crippen molar-refractivity contribution in [3.8, 4) is 11.3 Å². The van der Waals surface area contributed by atoms with Crippen molar-refractivity contribution in [2.24, 2.45) is 0 Å². The fourth-order valence-electron chi connectivity index (χ4n) is 3.88. The summed E-state index contributed by atoms with van der Waals surface area (Å²) in [6, 6.07) is 17.3. The van der Waals surface area contributed by atoms with Crippen LogP contribution in [-0.4, -0.2) is 33.5 Å². The van der Waals surface area contributed by atoms with Gasteiger partial charge in [-0.1, -0.05) is 36.4 Å². The van der Waals surface area contributed by atoms with E-state index in [4.69, 9.17) is 4.74 Å². The number of methoxy groups -OCH3 is 1. The predicted octanol–water partition coefficient (Wildman–Crippen LogP) is 4.78. The minimum Gasteiger partial charge on any atom is -0.464 e. The Morgan fingerprint density at radius 1 is 1.00 bits per heavy atom. The molecule has 29 heavy (non-hydrogen) atoms. The number of carbonyl (C=O) groups excluding carboxylic acids is 2. The number of rotatable bonds is 2. The standard InChI is InChI=1S/C23H17N3O3/c1-13(27)26-12-17(15-8-4-6-10-20(15)26)22-21-16(11-19(25-22)23(28)29-2)14-7-3-5-9-18(14)24-21/h3-12,24H,1-2H3. The molecule has 0 amide bonds. The maximum atomic E-state index is 12.3. The first kappa shape index (κ1) is 17.2. The van der Waals surface area contributed by atoms with Gasteiger partial charge < -0.3 is 9.72 Å². The second-order valence-electron chi connectivity index (χ2n) is 6.89. The second kappa shape index (κ2) is 6.31. The minimum absolute atomic E-state index is 0.0931. The monoisotopic (exact) mass is 383 g/mol. The lowest BCUT2D eigenvalue weighted by atomic mass is 10.1. The molecule has 0 aliphatic rings. The molecule has 0 spiro atoms. The number of fused-ring (bicyclic) bond motifs is 4. The van der Waals surface area contributed by atoms with Crippen LogP contribution in [0.3, 0.4) is 0 Å². The van der Waals surface area contributed by atoms with E-state index in [1.165, 1.54) is 14.0 Å². The molecule has 5 aromatic rings. The zero-order valence-electron chi connectivity index (χ0n) is 15.9. The number of ether oxygens (including phenoxy) is 1. The van der Waals surface area contributed by atoms with Gasteiger partial charge in [-0.3, -0.25) is 9.36 Å². The van der Waals surface area contributed by atoms with Crippen LogP contribution in [0.2, 0.25) is 0 Å². The largest absolute Gasteiger partial charge is 0.464 e. The molecule has 3 aromatic heterocycles. The van der Waals surface area contributed by atoms with Crippen LogP contribution in [0, 0.1) is 0 Å². The molecular weight excluding hydrogens is 366 g/mol. The Hall–Kier alpha value is -3.93. The Kier molecular flexibility index (Phi) is 3.74. The van der Waals surface area contributed by atoms with Crippen LogP contribution in [-0.2, 0) is 4.74 Å². The zero-order chi connectivity index (χ0) is 20.1. The average Bonchev–Trinajstić information content (AvgIpc) is 3.31. The summed E-state index contributed by atoms with van der Waals surface area (Å²) in [5.74, 6) is -0.599. The third-order valence-corrected chi connectivity index (χ3v) is 5.20. The zero-order valence-corrected chi connectivity index (χ0v) is 15.9. The predicted molar refractivity (Wildman–Crippen MR) is 112 cm³/mol. The van der Waals surface area contributed by atoms with Gasteiger partial charge >= 0.3 is 5.97 Å². The molecule has 2 aromatic carbocycles. The normalized spacial score (nSPS) is 11.4. The van der Waals surface area contributed by atoms with E-state index in [0.29, 0.717) is 5.69 Å². The molecule has 0 aliphatic carbocycles. The number of nitrogens with zero attached hydrogens (tertiary/aromatic N) is 2. The number of benzene rings is 2. The maximum absolute atomic E-state index is 12.3. The number of aromatic amines is 1. The third kappa shape index (κ3) is 2.53. The molecule has 1 N–H and O–H groups in total. The third-order valence-electron chi connectivity index (χ3n) is 5.20. The van der Waals surface area contributed by atoms with Crippen LogP contribution in [0.1, 0.15) is 22.2 Å². The molecule has 0 saturated carbocycles. The molecule has 0 bridgehead atoms. The summed E-state index contributed by atoms with van der Waals surface area (Å²) in [4.78, 5) is 32.6. The summed E-state index contributed by atoms with van der Waals surface area (Å²) in [5, 5.41) is 2.76. The highest BCUT2D eigenvalue weighted by Gasteiger charge is 2.21. The molecule has 0 atom stereocenters. The van der Waals surface area contributed by atoms with Gasteiger partial charge in [-0.15, -0.1) is 0 Å². The lowest BCUT2D eigenvalue weighted by molar-refractivity contribution is 0.0594. The summed E-state index contributed by atoms with van der Waals surface area (Å²) in [6.45, 7) is 1.52. The summed E-state index contributed by atoms with van der Waals surface area (Å²) >= 11 is 0. The minimum atomic E-state index is -0.506. The number of hydrogen-bond donors (Lipinski definition) is 1. The fourth-order valence-corrected chi connectivity index (χ4v) is 3.88. The van der Waals surface area contributed by atoms with Gasteiger partial charge in [-0.2, -0.15) is 0 Å². The van der Waals surface area contributed by atoms with Gasteiger partial charge in [0.15, 0.2) is 0 Å². The van der Waals surface area contributed by atoms with Gasteiger partial charge in [0.05, 0.1) is 23.8 Å². The van der Waals surface area contributed by atoms with E-state index >= 15 is 0 Å². The van der Waals surface area contributed by atoms with E-state index in [9.17, 15) is 9.59 Å². The highest BCUT2D eigenvalue weighted by molar-refractivity contribution is 6.15. The summed E-state index contributed by atoms with van der Waals surface area (Å²) < 4.78 is 6.53. The fraction of sp³-hybridized carbons (Fsp3) is 0.0870. The maximum Gasteiger partial charge on any atom is 0.356 e. The molecular formula is C23H17N3O3. The van der Waals surface area contributed by atoms with Crippen LogP contribution < -0.4 is 0 Å². The number of esters is 1. The van der Waals surface area contributed by atoms with Gasteiger partial charge in [0.1, 0.15) is 5.69 Å². The van der Waals surface area contributed by atoms with Crippen molar-refractivity contribution >= 4 is 44.6 Å². The van der Waals surface area contributed by atoms with Gasteiger partial charge in [0.2, 0.25) is 5.91 Å². The van der Waals surface area contributed by atoms with Crippen molar-refractivity contribution in [1.29, 1.82) is 0 Å². The molecule has 142 valence electrons. The first-order chi connectivity index (χ1) is 14.1. The number of carbonyl (C=O) groups is 2. The summed E-state index contributed by atoms with van der Waals surface area (Å²) in [5.41, 5.74) is 4.16. The average molecular weight is 383 g/mol. The highest BCUT2D eigenvalue weighted by atomic mass is 16.5. The van der Waals surface area contributed by atoms with Gasteiger partial charge in [0, 0.05) is 40.4 Å². The van der Waals surface area contributed by atoms with Crippen LogP contribution >= 0.6 is 0 Å². The van der Waals surface area contributed by atoms with E-state index in [1.807, 2.05) is 48.5 Å². The Morgan fingerprint density at radius 2 is 1.72 bits per heavy atom. The van der Waals surface area contributed by atoms with Crippen LogP contribution in [0.15, 0.2) is 60.8 Å². The van der Waals surface area contributed by atoms with Crippen LogP contribution in [0.4, 0.5) is 0 Å². The highest BCUT2D eigenvalue weighted by Crippen LogP contribution is 2.36. The molecule has 0 unspecified atom stereocenters. The van der Waals surface area contributed by atoms with E-state index in [2.05, 4.69) is 9.97 Å². The van der Waals surface area contributed by atoms with E-state index in [0.717, 1.165) is 38.3 Å². The molecule has 6 nitrogen and oxygen atoms in total. The number of H-pyrrole nitrogens is 1. The smallest absolute Gasteiger partial charge is 0.356 e. The molecule has 0 saturated heterocycles. The van der Waals surface area contributed by atoms with E-state index in [-0.39, 0.29) is 11.6 Å². The first-order valence-electron chi connectivity index (χ1n) is 9.19. The number of pyridine rings is 1. The molecule has 0 aliphatic heterocycles. The lowest BCUT2D eigenvalue weighted by Crippen LogP contribution is -2.05. The first-order valence-corrected chi connectivity index (χ1v) is 9.19. The van der Waals surface area contributed by atoms with Gasteiger partial charge in [0.25, 0.3) is 0 Å². The Morgan fingerprint density at radius 3 is 2.48 bits per heavy atom. The van der Waals surface area contributed by atoms with Crippen molar-refractivity contribution in [3.05, 3.63) is 66.5 Å². The number of aromatic nitrogens is 3. The number of hydrogen-bond acceptors (Lipinski definition) is 4. The van der Waals surface area contributed by atoms with Crippen LogP contribution in [0.5, 0.6) is 0 Å². The van der Waals surface area contributed by atoms with Crippen LogP contribution in [0.25, 0.3) is 44.0 Å². The molecule has 6 heteroatoms. The van der Waals surface area contributed by atoms with E-state index in [1.54, 1.807) is 16.8 Å². The molecule has 3 heterocycles. The Bertz CT molecular complexity index is 1440. The Balaban J connectivity index is 1.93. The lowest BCUT2D eigenvalue weighted by Gasteiger charge is -2.05. The SMILES string of the molecule is COC(=O)c1cc2c([nH]c3ccccc32)c(-c2cn(C(C)=O)c3ccccc23)n1. The quantitative estimate of drug-likeness (QED) is 0.445.